The van der Waals surface area contributed by atoms with E-state index in [2.05, 4.69) is 20.6 Å². The first-order valence-corrected chi connectivity index (χ1v) is 11.7. The van der Waals surface area contributed by atoms with E-state index in [1.54, 1.807) is 13.2 Å². The van der Waals surface area contributed by atoms with Gasteiger partial charge in [0.1, 0.15) is 11.6 Å². The maximum Gasteiger partial charge on any atom is 0.251 e. The lowest BCUT2D eigenvalue weighted by atomic mass is 10.1. The van der Waals surface area contributed by atoms with Gasteiger partial charge in [-0.3, -0.25) is 9.59 Å². The van der Waals surface area contributed by atoms with Crippen molar-refractivity contribution in [1.29, 1.82) is 0 Å². The summed E-state index contributed by atoms with van der Waals surface area (Å²) < 4.78 is 5.23. The third kappa shape index (κ3) is 6.26. The Bertz CT molecular complexity index is 1330. The highest BCUT2D eigenvalue weighted by atomic mass is 16.5. The van der Waals surface area contributed by atoms with Crippen molar-refractivity contribution in [2.45, 2.75) is 33.2 Å². The van der Waals surface area contributed by atoms with Gasteiger partial charge in [-0.1, -0.05) is 38.1 Å². The van der Waals surface area contributed by atoms with Crippen molar-refractivity contribution in [1.82, 2.24) is 15.3 Å². The van der Waals surface area contributed by atoms with E-state index in [0.717, 1.165) is 52.3 Å². The van der Waals surface area contributed by atoms with E-state index >= 15 is 0 Å². The Morgan fingerprint density at radius 3 is 2.51 bits per heavy atom. The molecule has 0 saturated carbocycles. The highest BCUT2D eigenvalue weighted by Gasteiger charge is 2.10. The van der Waals surface area contributed by atoms with E-state index in [1.165, 1.54) is 0 Å². The molecule has 0 radical (unpaired) electrons. The number of hydrogen-bond acceptors (Lipinski definition) is 4. The smallest absolute Gasteiger partial charge is 0.251 e. The van der Waals surface area contributed by atoms with Crippen molar-refractivity contribution in [2.24, 2.45) is 5.92 Å². The number of aromatic amines is 1. The minimum absolute atomic E-state index is 0.00775. The van der Waals surface area contributed by atoms with Gasteiger partial charge in [-0.25, -0.2) is 4.98 Å². The van der Waals surface area contributed by atoms with Crippen LogP contribution in [-0.4, -0.2) is 28.9 Å². The molecule has 7 nitrogen and oxygen atoms in total. The number of imidazole rings is 1. The van der Waals surface area contributed by atoms with Gasteiger partial charge < -0.3 is 20.4 Å². The molecule has 35 heavy (non-hydrogen) atoms. The van der Waals surface area contributed by atoms with Crippen LogP contribution in [0.5, 0.6) is 5.75 Å². The Morgan fingerprint density at radius 2 is 1.77 bits per heavy atom. The number of H-pyrrole nitrogens is 1. The Kier molecular flexibility index (Phi) is 7.45. The van der Waals surface area contributed by atoms with Crippen LogP contribution in [0.25, 0.3) is 11.0 Å². The number of rotatable bonds is 9. The predicted molar refractivity (Wildman–Crippen MR) is 138 cm³/mol. The quantitative estimate of drug-likeness (QED) is 0.325. The van der Waals surface area contributed by atoms with Gasteiger partial charge in [0.05, 0.1) is 18.1 Å². The Hall–Kier alpha value is -4.13. The van der Waals surface area contributed by atoms with Crippen molar-refractivity contribution in [3.63, 3.8) is 0 Å². The van der Waals surface area contributed by atoms with Crippen LogP contribution in [0, 0.1) is 5.92 Å². The molecule has 1 heterocycles. The van der Waals surface area contributed by atoms with Crippen molar-refractivity contribution in [2.75, 3.05) is 12.4 Å². The number of aryl methyl sites for hydroxylation is 2. The molecule has 3 aromatic carbocycles. The van der Waals surface area contributed by atoms with Crippen LogP contribution < -0.4 is 15.4 Å². The van der Waals surface area contributed by atoms with Gasteiger partial charge in [-0.15, -0.1) is 0 Å². The number of carbonyl (C=O) groups is 2. The summed E-state index contributed by atoms with van der Waals surface area (Å²) in [4.78, 5) is 32.5. The van der Waals surface area contributed by atoms with Crippen LogP contribution in [0.4, 0.5) is 5.69 Å². The van der Waals surface area contributed by atoms with Crippen molar-refractivity contribution < 1.29 is 14.3 Å². The molecular formula is C28H30N4O3. The lowest BCUT2D eigenvalue weighted by molar-refractivity contribution is -0.118. The molecule has 0 aliphatic heterocycles. The van der Waals surface area contributed by atoms with Gasteiger partial charge in [-0.2, -0.15) is 0 Å². The minimum Gasteiger partial charge on any atom is -0.497 e. The molecule has 0 saturated heterocycles. The van der Waals surface area contributed by atoms with Crippen LogP contribution in [-0.2, 0) is 24.2 Å². The van der Waals surface area contributed by atoms with Crippen molar-refractivity contribution in [3.8, 4) is 5.75 Å². The maximum absolute atomic E-state index is 12.7. The number of anilines is 1. The lowest BCUT2D eigenvalue weighted by Crippen LogP contribution is -2.22. The number of nitrogens with zero attached hydrogens (tertiary/aromatic N) is 1. The fourth-order valence-corrected chi connectivity index (χ4v) is 3.69. The third-order valence-electron chi connectivity index (χ3n) is 5.78. The normalized spacial score (nSPS) is 11.0. The molecule has 0 aliphatic carbocycles. The van der Waals surface area contributed by atoms with Crippen molar-refractivity contribution >= 4 is 28.5 Å². The molecule has 180 valence electrons. The van der Waals surface area contributed by atoms with Gasteiger partial charge in [-0.05, 0) is 60.0 Å². The van der Waals surface area contributed by atoms with Crippen LogP contribution in [0.3, 0.4) is 0 Å². The summed E-state index contributed by atoms with van der Waals surface area (Å²) in [6, 6.07) is 21.0. The summed E-state index contributed by atoms with van der Waals surface area (Å²) in [6.45, 7) is 4.16. The van der Waals surface area contributed by atoms with Crippen LogP contribution in [0.1, 0.15) is 41.2 Å². The summed E-state index contributed by atoms with van der Waals surface area (Å²) >= 11 is 0. The predicted octanol–water partition coefficient (Wildman–Crippen LogP) is 4.88. The molecule has 4 rings (SSSR count). The van der Waals surface area contributed by atoms with Crippen molar-refractivity contribution in [3.05, 3.63) is 89.2 Å². The minimum atomic E-state index is -0.143. The fourth-order valence-electron chi connectivity index (χ4n) is 3.69. The van der Waals surface area contributed by atoms with Gasteiger partial charge >= 0.3 is 0 Å². The monoisotopic (exact) mass is 470 g/mol. The SMILES string of the molecule is COc1cccc(CNC(=O)c2ccc3nc(CCc4ccc(NC(=O)C(C)C)cc4)[nH]c3c2)c1. The van der Waals surface area contributed by atoms with Crippen LogP contribution in [0.15, 0.2) is 66.7 Å². The molecule has 4 aromatic rings. The first kappa shape index (κ1) is 24.0. The molecule has 3 N–H and O–H groups in total. The number of nitrogens with one attached hydrogen (secondary N) is 3. The van der Waals surface area contributed by atoms with E-state index in [4.69, 9.17) is 4.74 Å². The molecular weight excluding hydrogens is 440 g/mol. The van der Waals surface area contributed by atoms with Crippen LogP contribution in [0.2, 0.25) is 0 Å². The highest BCUT2D eigenvalue weighted by molar-refractivity contribution is 5.97. The zero-order valence-corrected chi connectivity index (χ0v) is 20.2. The average molecular weight is 471 g/mol. The number of ether oxygens (including phenoxy) is 1. The number of hydrogen-bond donors (Lipinski definition) is 3. The summed E-state index contributed by atoms with van der Waals surface area (Å²) in [5.74, 6) is 1.44. The molecule has 7 heteroatoms. The largest absolute Gasteiger partial charge is 0.497 e. The number of amides is 2. The standard InChI is InChI=1S/C28H30N4O3/c1-18(2)27(33)30-22-11-7-19(8-12-22)9-14-26-31-24-13-10-21(16-25(24)32-26)28(34)29-17-20-5-4-6-23(15-20)35-3/h4-8,10-13,15-16,18H,9,14,17H2,1-3H3,(H,29,34)(H,30,33)(H,31,32). The fraction of sp³-hybridized carbons (Fsp3) is 0.250. The number of aromatic nitrogens is 2. The molecule has 0 bridgehead atoms. The second kappa shape index (κ2) is 10.9. The highest BCUT2D eigenvalue weighted by Crippen LogP contribution is 2.17. The van der Waals surface area contributed by atoms with Gasteiger partial charge in [0.25, 0.3) is 5.91 Å². The molecule has 2 amide bonds. The number of benzene rings is 3. The van der Waals surface area contributed by atoms with E-state index in [-0.39, 0.29) is 17.7 Å². The lowest BCUT2D eigenvalue weighted by Gasteiger charge is -2.08. The van der Waals surface area contributed by atoms with Gasteiger partial charge in [0.2, 0.25) is 5.91 Å². The second-order valence-corrected chi connectivity index (χ2v) is 8.79. The van der Waals surface area contributed by atoms with Gasteiger partial charge in [0, 0.05) is 30.1 Å². The first-order chi connectivity index (χ1) is 16.9. The van der Waals surface area contributed by atoms with E-state index in [9.17, 15) is 9.59 Å². The number of methoxy groups -OCH3 is 1. The third-order valence-corrected chi connectivity index (χ3v) is 5.78. The molecule has 0 spiro atoms. The molecule has 1 aromatic heterocycles. The zero-order chi connectivity index (χ0) is 24.8. The summed E-state index contributed by atoms with van der Waals surface area (Å²) in [5, 5.41) is 5.85. The zero-order valence-electron chi connectivity index (χ0n) is 20.2. The number of fused-ring (bicyclic) bond motifs is 1. The van der Waals surface area contributed by atoms with E-state index in [1.807, 2.05) is 74.5 Å². The topological polar surface area (TPSA) is 96.1 Å². The van der Waals surface area contributed by atoms with E-state index in [0.29, 0.717) is 12.1 Å². The second-order valence-electron chi connectivity index (χ2n) is 8.79. The molecule has 0 unspecified atom stereocenters. The molecule has 0 atom stereocenters. The maximum atomic E-state index is 12.7. The van der Waals surface area contributed by atoms with Crippen LogP contribution >= 0.6 is 0 Å². The summed E-state index contributed by atoms with van der Waals surface area (Å²) in [5.41, 5.74) is 5.17. The Balaban J connectivity index is 1.35. The first-order valence-electron chi connectivity index (χ1n) is 11.7. The Labute approximate surface area is 204 Å². The molecule has 0 aliphatic rings. The van der Waals surface area contributed by atoms with Gasteiger partial charge in [0.15, 0.2) is 0 Å². The summed E-state index contributed by atoms with van der Waals surface area (Å²) in [6.07, 6.45) is 1.55. The van der Waals surface area contributed by atoms with E-state index < -0.39 is 0 Å². The average Bonchev–Trinajstić information content (AvgIpc) is 3.29. The Morgan fingerprint density at radius 1 is 0.971 bits per heavy atom. The molecule has 0 fully saturated rings. The number of carbonyl (C=O) groups excluding carboxylic acids is 2. The summed E-state index contributed by atoms with van der Waals surface area (Å²) in [7, 11) is 1.62.